The van der Waals surface area contributed by atoms with Crippen LogP contribution >= 0.6 is 11.3 Å². The van der Waals surface area contributed by atoms with Gasteiger partial charge >= 0.3 is 5.97 Å². The standard InChI is InChI=1S/C15H12N2O2S/c18-15(19)14-17-11(9-20-14)8-16-13-7-3-5-10-4-1-2-6-12(10)13/h1-7,9,16H,8H2,(H,18,19). The van der Waals surface area contributed by atoms with Gasteiger partial charge in [0.2, 0.25) is 5.01 Å². The quantitative estimate of drug-likeness (QED) is 0.768. The van der Waals surface area contributed by atoms with Gasteiger partial charge in [-0.25, -0.2) is 9.78 Å². The van der Waals surface area contributed by atoms with Crippen LogP contribution in [0.5, 0.6) is 0 Å². The third-order valence-electron chi connectivity index (χ3n) is 2.98. The van der Waals surface area contributed by atoms with E-state index < -0.39 is 5.97 Å². The number of fused-ring (bicyclic) bond motifs is 1. The number of hydrogen-bond donors (Lipinski definition) is 2. The Hall–Kier alpha value is -2.40. The second kappa shape index (κ2) is 5.30. The first-order valence-corrected chi connectivity index (χ1v) is 7.01. The average molecular weight is 284 g/mol. The maximum atomic E-state index is 10.8. The Labute approximate surface area is 119 Å². The summed E-state index contributed by atoms with van der Waals surface area (Å²) in [5, 5.41) is 16.4. The van der Waals surface area contributed by atoms with E-state index >= 15 is 0 Å². The molecule has 2 N–H and O–H groups in total. The van der Waals surface area contributed by atoms with Crippen LogP contribution in [0.1, 0.15) is 15.5 Å². The first-order chi connectivity index (χ1) is 9.74. The van der Waals surface area contributed by atoms with Crippen LogP contribution in [0.25, 0.3) is 10.8 Å². The van der Waals surface area contributed by atoms with Gasteiger partial charge in [-0.1, -0.05) is 36.4 Å². The molecule has 0 fully saturated rings. The number of carboxylic acid groups (broad SMARTS) is 1. The zero-order valence-corrected chi connectivity index (χ0v) is 11.4. The predicted molar refractivity (Wildman–Crippen MR) is 80.3 cm³/mol. The molecule has 0 aliphatic carbocycles. The van der Waals surface area contributed by atoms with Crippen LogP contribution in [0.3, 0.4) is 0 Å². The maximum Gasteiger partial charge on any atom is 0.365 e. The molecular formula is C15H12N2O2S. The topological polar surface area (TPSA) is 62.2 Å². The molecule has 4 nitrogen and oxygen atoms in total. The number of benzene rings is 2. The zero-order valence-electron chi connectivity index (χ0n) is 10.5. The van der Waals surface area contributed by atoms with Crippen LogP contribution < -0.4 is 5.32 Å². The molecule has 0 atom stereocenters. The van der Waals surface area contributed by atoms with E-state index in [2.05, 4.69) is 28.5 Å². The monoisotopic (exact) mass is 284 g/mol. The van der Waals surface area contributed by atoms with E-state index in [0.717, 1.165) is 28.1 Å². The SMILES string of the molecule is O=C(O)c1nc(CNc2cccc3ccccc23)cs1. The van der Waals surface area contributed by atoms with Crippen molar-refractivity contribution in [1.29, 1.82) is 0 Å². The minimum absolute atomic E-state index is 0.125. The average Bonchev–Trinajstić information content (AvgIpc) is 2.94. The van der Waals surface area contributed by atoms with Crippen molar-refractivity contribution in [1.82, 2.24) is 4.98 Å². The molecule has 0 spiro atoms. The molecular weight excluding hydrogens is 272 g/mol. The summed E-state index contributed by atoms with van der Waals surface area (Å²) in [6.45, 7) is 0.512. The maximum absolute atomic E-state index is 10.8. The molecule has 0 saturated heterocycles. The molecule has 0 aliphatic rings. The van der Waals surface area contributed by atoms with E-state index in [1.807, 2.05) is 24.3 Å². The van der Waals surface area contributed by atoms with Crippen molar-refractivity contribution in [3.8, 4) is 0 Å². The van der Waals surface area contributed by atoms with Crippen LogP contribution in [0.4, 0.5) is 5.69 Å². The van der Waals surface area contributed by atoms with Gasteiger partial charge in [-0.05, 0) is 11.5 Å². The van der Waals surface area contributed by atoms with Gasteiger partial charge in [-0.15, -0.1) is 11.3 Å². The second-order valence-corrected chi connectivity index (χ2v) is 5.19. The van der Waals surface area contributed by atoms with Crippen LogP contribution in [0, 0.1) is 0 Å². The summed E-state index contributed by atoms with van der Waals surface area (Å²) >= 11 is 1.15. The summed E-state index contributed by atoms with van der Waals surface area (Å²) in [6.07, 6.45) is 0. The Morgan fingerprint density at radius 1 is 1.20 bits per heavy atom. The molecule has 20 heavy (non-hydrogen) atoms. The number of anilines is 1. The minimum Gasteiger partial charge on any atom is -0.476 e. The lowest BCUT2D eigenvalue weighted by Crippen LogP contribution is -2.02. The molecule has 0 bridgehead atoms. The smallest absolute Gasteiger partial charge is 0.365 e. The van der Waals surface area contributed by atoms with Gasteiger partial charge in [0.05, 0.1) is 12.2 Å². The van der Waals surface area contributed by atoms with Gasteiger partial charge in [0.15, 0.2) is 0 Å². The first kappa shape index (κ1) is 12.6. The van der Waals surface area contributed by atoms with E-state index in [1.165, 1.54) is 5.39 Å². The highest BCUT2D eigenvalue weighted by Crippen LogP contribution is 2.23. The Morgan fingerprint density at radius 2 is 2.00 bits per heavy atom. The van der Waals surface area contributed by atoms with Gasteiger partial charge in [-0.2, -0.15) is 0 Å². The Bertz CT molecular complexity index is 762. The van der Waals surface area contributed by atoms with E-state index in [4.69, 9.17) is 5.11 Å². The van der Waals surface area contributed by atoms with Gasteiger partial charge in [0.1, 0.15) is 0 Å². The number of aromatic nitrogens is 1. The number of rotatable bonds is 4. The Kier molecular flexibility index (Phi) is 3.35. The third kappa shape index (κ3) is 2.48. The van der Waals surface area contributed by atoms with Crippen LogP contribution in [-0.4, -0.2) is 16.1 Å². The molecule has 0 saturated carbocycles. The van der Waals surface area contributed by atoms with Crippen molar-refractivity contribution in [3.05, 3.63) is 58.5 Å². The summed E-state index contributed by atoms with van der Waals surface area (Å²) < 4.78 is 0. The second-order valence-electron chi connectivity index (χ2n) is 4.33. The molecule has 1 heterocycles. The van der Waals surface area contributed by atoms with E-state index in [1.54, 1.807) is 5.38 Å². The number of aromatic carboxylic acids is 1. The van der Waals surface area contributed by atoms with Gasteiger partial charge in [0.25, 0.3) is 0 Å². The lowest BCUT2D eigenvalue weighted by atomic mass is 10.1. The number of thiazole rings is 1. The van der Waals surface area contributed by atoms with Crippen LogP contribution in [0.15, 0.2) is 47.8 Å². The molecule has 5 heteroatoms. The highest BCUT2D eigenvalue weighted by atomic mass is 32.1. The molecule has 3 rings (SSSR count). The fraction of sp³-hybridized carbons (Fsp3) is 0.0667. The fourth-order valence-corrected chi connectivity index (χ4v) is 2.71. The minimum atomic E-state index is -0.980. The lowest BCUT2D eigenvalue weighted by Gasteiger charge is -2.08. The summed E-state index contributed by atoms with van der Waals surface area (Å²) in [4.78, 5) is 14.9. The van der Waals surface area contributed by atoms with Crippen LogP contribution in [0.2, 0.25) is 0 Å². The molecule has 0 aliphatic heterocycles. The lowest BCUT2D eigenvalue weighted by molar-refractivity contribution is 0.0696. The molecule has 0 radical (unpaired) electrons. The molecule has 0 unspecified atom stereocenters. The molecule has 1 aromatic heterocycles. The first-order valence-electron chi connectivity index (χ1n) is 6.13. The normalized spacial score (nSPS) is 10.6. The van der Waals surface area contributed by atoms with E-state index in [0.29, 0.717) is 6.54 Å². The summed E-state index contributed by atoms with van der Waals surface area (Å²) in [7, 11) is 0. The van der Waals surface area contributed by atoms with Gasteiger partial charge in [-0.3, -0.25) is 0 Å². The largest absolute Gasteiger partial charge is 0.476 e. The number of carboxylic acids is 1. The van der Waals surface area contributed by atoms with Crippen molar-refractivity contribution in [2.45, 2.75) is 6.54 Å². The van der Waals surface area contributed by atoms with E-state index in [9.17, 15) is 4.79 Å². The number of nitrogens with one attached hydrogen (secondary N) is 1. The number of hydrogen-bond acceptors (Lipinski definition) is 4. The summed E-state index contributed by atoms with van der Waals surface area (Å²) in [5.74, 6) is -0.980. The molecule has 2 aromatic carbocycles. The third-order valence-corrected chi connectivity index (χ3v) is 3.86. The summed E-state index contributed by atoms with van der Waals surface area (Å²) in [5.41, 5.74) is 1.76. The highest BCUT2D eigenvalue weighted by molar-refractivity contribution is 7.11. The molecule has 3 aromatic rings. The summed E-state index contributed by atoms with van der Waals surface area (Å²) in [6, 6.07) is 14.2. The van der Waals surface area contributed by atoms with Crippen molar-refractivity contribution in [3.63, 3.8) is 0 Å². The van der Waals surface area contributed by atoms with Crippen molar-refractivity contribution in [2.75, 3.05) is 5.32 Å². The van der Waals surface area contributed by atoms with Crippen LogP contribution in [-0.2, 0) is 6.54 Å². The van der Waals surface area contributed by atoms with Crippen molar-refractivity contribution in [2.24, 2.45) is 0 Å². The van der Waals surface area contributed by atoms with Crippen molar-refractivity contribution >= 4 is 33.8 Å². The van der Waals surface area contributed by atoms with Gasteiger partial charge in [0, 0.05) is 16.5 Å². The van der Waals surface area contributed by atoms with Crippen molar-refractivity contribution < 1.29 is 9.90 Å². The number of carbonyl (C=O) groups is 1. The number of nitrogens with zero attached hydrogens (tertiary/aromatic N) is 1. The zero-order chi connectivity index (χ0) is 13.9. The predicted octanol–water partition coefficient (Wildman–Crippen LogP) is 3.61. The fourth-order valence-electron chi connectivity index (χ4n) is 2.05. The Balaban J connectivity index is 1.81. The Morgan fingerprint density at radius 3 is 2.80 bits per heavy atom. The molecule has 100 valence electrons. The highest BCUT2D eigenvalue weighted by Gasteiger charge is 2.08. The van der Waals surface area contributed by atoms with Gasteiger partial charge < -0.3 is 10.4 Å². The molecule has 0 amide bonds. The van der Waals surface area contributed by atoms with E-state index in [-0.39, 0.29) is 5.01 Å².